The normalized spacial score (nSPS) is 18.7. The first-order chi connectivity index (χ1) is 8.65. The molecule has 0 spiro atoms. The van der Waals surface area contributed by atoms with Gasteiger partial charge in [0.2, 0.25) is 0 Å². The molecule has 0 amide bonds. The molecule has 98 valence electrons. The van der Waals surface area contributed by atoms with Crippen molar-refractivity contribution < 1.29 is 4.74 Å². The summed E-state index contributed by atoms with van der Waals surface area (Å²) in [5, 5.41) is 7.50. The minimum Gasteiger partial charge on any atom is -0.376 e. The van der Waals surface area contributed by atoms with Crippen molar-refractivity contribution in [3.8, 4) is 0 Å². The molecule has 5 heteroatoms. The van der Waals surface area contributed by atoms with Crippen LogP contribution in [0, 0.1) is 6.92 Å². The molecule has 18 heavy (non-hydrogen) atoms. The zero-order valence-electron chi connectivity index (χ0n) is 10.3. The molecule has 0 radical (unpaired) electrons. The first-order valence-electron chi connectivity index (χ1n) is 6.08. The summed E-state index contributed by atoms with van der Waals surface area (Å²) in [5.74, 6) is 0. The predicted molar refractivity (Wildman–Crippen MR) is 79.4 cm³/mol. The molecule has 2 N–H and O–H groups in total. The van der Waals surface area contributed by atoms with E-state index < -0.39 is 0 Å². The summed E-state index contributed by atoms with van der Waals surface area (Å²) in [6.45, 7) is 3.61. The Morgan fingerprint density at radius 3 is 3.06 bits per heavy atom. The van der Waals surface area contributed by atoms with Crippen molar-refractivity contribution in [3.05, 3.63) is 28.8 Å². The number of thiocarbonyl (C=S) groups is 1. The molecule has 2 rings (SSSR count). The molecule has 3 nitrogen and oxygen atoms in total. The van der Waals surface area contributed by atoms with E-state index in [1.807, 2.05) is 25.1 Å². The molecule has 1 atom stereocenters. The van der Waals surface area contributed by atoms with Gasteiger partial charge in [-0.25, -0.2) is 0 Å². The highest BCUT2D eigenvalue weighted by molar-refractivity contribution is 7.80. The quantitative estimate of drug-likeness (QED) is 0.836. The minimum atomic E-state index is 0.276. The van der Waals surface area contributed by atoms with Crippen molar-refractivity contribution in [2.45, 2.75) is 25.9 Å². The highest BCUT2D eigenvalue weighted by Crippen LogP contribution is 2.22. The van der Waals surface area contributed by atoms with Crippen LogP contribution in [0.4, 0.5) is 5.69 Å². The van der Waals surface area contributed by atoms with Crippen molar-refractivity contribution in [2.75, 3.05) is 18.5 Å². The Morgan fingerprint density at radius 2 is 2.39 bits per heavy atom. The Bertz CT molecular complexity index is 433. The molecule has 1 unspecified atom stereocenters. The Labute approximate surface area is 118 Å². The Balaban J connectivity index is 1.82. The van der Waals surface area contributed by atoms with Gasteiger partial charge in [0.1, 0.15) is 0 Å². The third-order valence-electron chi connectivity index (χ3n) is 2.89. The number of hydrogen-bond donors (Lipinski definition) is 2. The van der Waals surface area contributed by atoms with Crippen LogP contribution in [0.25, 0.3) is 0 Å². The van der Waals surface area contributed by atoms with Crippen LogP contribution in [-0.4, -0.2) is 24.4 Å². The fourth-order valence-corrected chi connectivity index (χ4v) is 2.38. The van der Waals surface area contributed by atoms with E-state index in [0.29, 0.717) is 10.1 Å². The second-order valence-electron chi connectivity index (χ2n) is 4.45. The van der Waals surface area contributed by atoms with Crippen LogP contribution in [0.5, 0.6) is 0 Å². The summed E-state index contributed by atoms with van der Waals surface area (Å²) in [7, 11) is 0. The largest absolute Gasteiger partial charge is 0.376 e. The Kier molecular flexibility index (Phi) is 4.80. The first-order valence-corrected chi connectivity index (χ1v) is 6.86. The molecule has 1 heterocycles. The highest BCUT2D eigenvalue weighted by atomic mass is 35.5. The van der Waals surface area contributed by atoms with E-state index in [4.69, 9.17) is 28.6 Å². The minimum absolute atomic E-state index is 0.276. The monoisotopic (exact) mass is 284 g/mol. The number of halogens is 1. The van der Waals surface area contributed by atoms with Gasteiger partial charge >= 0.3 is 0 Å². The molecule has 0 saturated carbocycles. The van der Waals surface area contributed by atoms with Gasteiger partial charge in [0.05, 0.1) is 16.8 Å². The summed E-state index contributed by atoms with van der Waals surface area (Å²) in [5.41, 5.74) is 1.95. The van der Waals surface area contributed by atoms with Crippen molar-refractivity contribution >= 4 is 34.6 Å². The van der Waals surface area contributed by atoms with Crippen LogP contribution in [0.1, 0.15) is 18.4 Å². The molecular weight excluding hydrogens is 268 g/mol. The van der Waals surface area contributed by atoms with E-state index in [0.717, 1.165) is 37.2 Å². The summed E-state index contributed by atoms with van der Waals surface area (Å²) in [6, 6.07) is 5.83. The van der Waals surface area contributed by atoms with Crippen molar-refractivity contribution in [1.29, 1.82) is 0 Å². The van der Waals surface area contributed by atoms with E-state index in [-0.39, 0.29) is 6.10 Å². The topological polar surface area (TPSA) is 33.3 Å². The summed E-state index contributed by atoms with van der Waals surface area (Å²) < 4.78 is 5.52. The maximum Gasteiger partial charge on any atom is 0.170 e. The Hall–Kier alpha value is -0.840. The van der Waals surface area contributed by atoms with Gasteiger partial charge in [-0.05, 0) is 49.7 Å². The van der Waals surface area contributed by atoms with Crippen LogP contribution in [-0.2, 0) is 4.74 Å². The molecular formula is C13H17ClN2OS. The smallest absolute Gasteiger partial charge is 0.170 e. The zero-order valence-corrected chi connectivity index (χ0v) is 11.9. The maximum absolute atomic E-state index is 6.13. The van der Waals surface area contributed by atoms with Crippen molar-refractivity contribution in [1.82, 2.24) is 5.32 Å². The molecule has 1 fully saturated rings. The van der Waals surface area contributed by atoms with Crippen LogP contribution < -0.4 is 10.6 Å². The van der Waals surface area contributed by atoms with Gasteiger partial charge in [-0.2, -0.15) is 0 Å². The maximum atomic E-state index is 6.13. The van der Waals surface area contributed by atoms with E-state index >= 15 is 0 Å². The predicted octanol–water partition coefficient (Wildman–Crippen LogP) is 3.11. The summed E-state index contributed by atoms with van der Waals surface area (Å²) in [4.78, 5) is 0. The fourth-order valence-electron chi connectivity index (χ4n) is 1.90. The second kappa shape index (κ2) is 6.36. The van der Waals surface area contributed by atoms with E-state index in [1.54, 1.807) is 0 Å². The lowest BCUT2D eigenvalue weighted by Crippen LogP contribution is -2.34. The van der Waals surface area contributed by atoms with Gasteiger partial charge in [-0.3, -0.25) is 0 Å². The number of ether oxygens (including phenoxy) is 1. The molecule has 1 aliphatic heterocycles. The van der Waals surface area contributed by atoms with E-state index in [1.165, 1.54) is 0 Å². The van der Waals surface area contributed by atoms with Gasteiger partial charge in [0, 0.05) is 13.2 Å². The second-order valence-corrected chi connectivity index (χ2v) is 5.27. The van der Waals surface area contributed by atoms with E-state index in [9.17, 15) is 0 Å². The van der Waals surface area contributed by atoms with Crippen molar-refractivity contribution in [3.63, 3.8) is 0 Å². The van der Waals surface area contributed by atoms with Gasteiger partial charge in [0.15, 0.2) is 5.11 Å². The van der Waals surface area contributed by atoms with Crippen LogP contribution in [0.2, 0.25) is 5.02 Å². The lowest BCUT2D eigenvalue weighted by atomic mass is 10.2. The first kappa shape index (κ1) is 13.6. The number of anilines is 1. The molecule has 1 aromatic carbocycles. The number of aryl methyl sites for hydroxylation is 1. The van der Waals surface area contributed by atoms with Gasteiger partial charge < -0.3 is 15.4 Å². The molecule has 0 bridgehead atoms. The molecule has 0 aromatic heterocycles. The lowest BCUT2D eigenvalue weighted by molar-refractivity contribution is 0.114. The standard InChI is InChI=1S/C13H17ClN2OS/c1-9-4-5-12(11(14)7-9)16-13(18)15-8-10-3-2-6-17-10/h4-5,7,10H,2-3,6,8H2,1H3,(H2,15,16,18). The van der Waals surface area contributed by atoms with Gasteiger partial charge in [-0.15, -0.1) is 0 Å². The van der Waals surface area contributed by atoms with Crippen LogP contribution >= 0.6 is 23.8 Å². The number of benzene rings is 1. The number of nitrogens with one attached hydrogen (secondary N) is 2. The lowest BCUT2D eigenvalue weighted by Gasteiger charge is -2.14. The SMILES string of the molecule is Cc1ccc(NC(=S)NCC2CCCO2)c(Cl)c1. The van der Waals surface area contributed by atoms with Gasteiger partial charge in [0.25, 0.3) is 0 Å². The highest BCUT2D eigenvalue weighted by Gasteiger charge is 2.15. The average molecular weight is 285 g/mol. The summed E-state index contributed by atoms with van der Waals surface area (Å²) in [6.07, 6.45) is 2.51. The van der Waals surface area contributed by atoms with Gasteiger partial charge in [-0.1, -0.05) is 17.7 Å². The molecule has 1 aromatic rings. The third-order valence-corrected chi connectivity index (χ3v) is 3.45. The molecule has 1 aliphatic rings. The summed E-state index contributed by atoms with van der Waals surface area (Å²) >= 11 is 11.4. The third kappa shape index (κ3) is 3.83. The number of rotatable bonds is 3. The van der Waals surface area contributed by atoms with E-state index in [2.05, 4.69) is 10.6 Å². The molecule has 1 saturated heterocycles. The Morgan fingerprint density at radius 1 is 1.56 bits per heavy atom. The molecule has 0 aliphatic carbocycles. The van der Waals surface area contributed by atoms with Crippen molar-refractivity contribution in [2.24, 2.45) is 0 Å². The van der Waals surface area contributed by atoms with Crippen LogP contribution in [0.15, 0.2) is 18.2 Å². The number of hydrogen-bond acceptors (Lipinski definition) is 2. The van der Waals surface area contributed by atoms with Crippen LogP contribution in [0.3, 0.4) is 0 Å². The zero-order chi connectivity index (χ0) is 13.0. The fraction of sp³-hybridized carbons (Fsp3) is 0.462. The average Bonchev–Trinajstić information content (AvgIpc) is 2.83.